The van der Waals surface area contributed by atoms with E-state index in [9.17, 15) is 4.79 Å². The highest BCUT2D eigenvalue weighted by molar-refractivity contribution is 7.13. The first kappa shape index (κ1) is 16.6. The summed E-state index contributed by atoms with van der Waals surface area (Å²) in [4.78, 5) is 19.7. The number of carbonyl (C=O) groups is 1. The molecular formula is C19H28N2O2S. The molecule has 4 rings (SSSR count). The van der Waals surface area contributed by atoms with Gasteiger partial charge in [0.05, 0.1) is 11.5 Å². The summed E-state index contributed by atoms with van der Waals surface area (Å²) in [5.74, 6) is 1.71. The Bertz CT molecular complexity index is 612. The predicted octanol–water partition coefficient (Wildman–Crippen LogP) is 2.88. The molecule has 3 aliphatic rings. The van der Waals surface area contributed by atoms with E-state index in [0.717, 1.165) is 50.0 Å². The summed E-state index contributed by atoms with van der Waals surface area (Å²) in [5.41, 5.74) is 0.243. The minimum absolute atomic E-state index is 0.224. The van der Waals surface area contributed by atoms with Gasteiger partial charge in [0.15, 0.2) is 0 Å². The molecule has 0 N–H and O–H groups in total. The Kier molecular flexibility index (Phi) is 4.43. The van der Waals surface area contributed by atoms with Gasteiger partial charge in [-0.25, -0.2) is 0 Å². The van der Waals surface area contributed by atoms with Crippen LogP contribution in [0.25, 0.3) is 0 Å². The SMILES string of the molecule is COC[C@H]1CN(CC2CC2)C[C@]12CCN(C(=O)c1ccc(C)s1)C2. The largest absolute Gasteiger partial charge is 0.384 e. The molecule has 132 valence electrons. The number of hydrogen-bond acceptors (Lipinski definition) is 4. The van der Waals surface area contributed by atoms with E-state index >= 15 is 0 Å². The zero-order chi connectivity index (χ0) is 16.7. The van der Waals surface area contributed by atoms with Gasteiger partial charge in [-0.3, -0.25) is 4.79 Å². The number of aryl methyl sites for hydroxylation is 1. The van der Waals surface area contributed by atoms with Gasteiger partial charge < -0.3 is 14.5 Å². The lowest BCUT2D eigenvalue weighted by molar-refractivity contribution is 0.0720. The molecule has 1 aromatic heterocycles. The van der Waals surface area contributed by atoms with Crippen LogP contribution in [0.2, 0.25) is 0 Å². The molecule has 1 aliphatic carbocycles. The number of thiophene rings is 1. The Morgan fingerprint density at radius 3 is 2.88 bits per heavy atom. The van der Waals surface area contributed by atoms with E-state index in [2.05, 4.69) is 16.7 Å². The maximum Gasteiger partial charge on any atom is 0.263 e. The molecule has 3 heterocycles. The first-order valence-corrected chi connectivity index (χ1v) is 9.98. The molecule has 2 atom stereocenters. The number of carbonyl (C=O) groups excluding carboxylic acids is 1. The Morgan fingerprint density at radius 1 is 1.38 bits per heavy atom. The van der Waals surface area contributed by atoms with E-state index in [4.69, 9.17) is 4.74 Å². The van der Waals surface area contributed by atoms with Crippen LogP contribution in [0.4, 0.5) is 0 Å². The smallest absolute Gasteiger partial charge is 0.263 e. The van der Waals surface area contributed by atoms with Crippen molar-refractivity contribution in [1.82, 2.24) is 9.80 Å². The van der Waals surface area contributed by atoms with E-state index in [1.807, 2.05) is 19.2 Å². The first-order chi connectivity index (χ1) is 11.6. The lowest BCUT2D eigenvalue weighted by atomic mass is 9.77. The molecule has 2 aliphatic heterocycles. The number of ether oxygens (including phenoxy) is 1. The van der Waals surface area contributed by atoms with Crippen molar-refractivity contribution in [2.75, 3.05) is 46.4 Å². The minimum atomic E-state index is 0.224. The Labute approximate surface area is 148 Å². The summed E-state index contributed by atoms with van der Waals surface area (Å²) < 4.78 is 5.54. The maximum absolute atomic E-state index is 12.8. The highest BCUT2D eigenvalue weighted by atomic mass is 32.1. The Hall–Kier alpha value is -0.910. The van der Waals surface area contributed by atoms with Gasteiger partial charge >= 0.3 is 0 Å². The molecule has 3 fully saturated rings. The van der Waals surface area contributed by atoms with Crippen molar-refractivity contribution in [3.05, 3.63) is 21.9 Å². The third-order valence-corrected chi connectivity index (χ3v) is 7.08. The van der Waals surface area contributed by atoms with Crippen LogP contribution in [0.1, 0.15) is 33.8 Å². The molecule has 0 radical (unpaired) electrons. The highest BCUT2D eigenvalue weighted by Crippen LogP contribution is 2.45. The fourth-order valence-electron chi connectivity index (χ4n) is 4.62. The molecule has 0 aromatic carbocycles. The monoisotopic (exact) mass is 348 g/mol. The highest BCUT2D eigenvalue weighted by Gasteiger charge is 2.51. The molecule has 24 heavy (non-hydrogen) atoms. The molecule has 0 unspecified atom stereocenters. The number of methoxy groups -OCH3 is 1. The van der Waals surface area contributed by atoms with Crippen molar-refractivity contribution >= 4 is 17.2 Å². The van der Waals surface area contributed by atoms with Gasteiger partial charge in [0.1, 0.15) is 0 Å². The Morgan fingerprint density at radius 2 is 2.21 bits per heavy atom. The van der Waals surface area contributed by atoms with Crippen molar-refractivity contribution in [3.63, 3.8) is 0 Å². The average Bonchev–Trinajstić information content (AvgIpc) is 2.96. The van der Waals surface area contributed by atoms with Crippen molar-refractivity contribution in [2.24, 2.45) is 17.3 Å². The van der Waals surface area contributed by atoms with Crippen LogP contribution in [0.15, 0.2) is 12.1 Å². The molecule has 1 aromatic rings. The Balaban J connectivity index is 1.46. The van der Waals surface area contributed by atoms with Gasteiger partial charge in [0.25, 0.3) is 5.91 Å². The zero-order valence-corrected chi connectivity index (χ0v) is 15.6. The van der Waals surface area contributed by atoms with Crippen LogP contribution >= 0.6 is 11.3 Å². The number of rotatable bonds is 5. The second-order valence-electron chi connectivity index (χ2n) is 8.04. The number of hydrogen-bond donors (Lipinski definition) is 0. The fraction of sp³-hybridized carbons (Fsp3) is 0.737. The van der Waals surface area contributed by atoms with Gasteiger partial charge in [0.2, 0.25) is 0 Å². The van der Waals surface area contributed by atoms with E-state index < -0.39 is 0 Å². The lowest BCUT2D eigenvalue weighted by Gasteiger charge is -2.30. The van der Waals surface area contributed by atoms with Gasteiger partial charge in [-0.2, -0.15) is 0 Å². The molecule has 1 amide bonds. The summed E-state index contributed by atoms with van der Waals surface area (Å²) in [6.45, 7) is 8.22. The molecule has 0 bridgehead atoms. The van der Waals surface area contributed by atoms with Gasteiger partial charge in [0, 0.05) is 56.0 Å². The second kappa shape index (κ2) is 6.43. The third kappa shape index (κ3) is 3.14. The summed E-state index contributed by atoms with van der Waals surface area (Å²) in [6.07, 6.45) is 3.93. The standard InChI is InChI=1S/C19H28N2O2S/c1-14-3-6-17(24-14)18(22)21-8-7-19(13-21)12-20(9-15-4-5-15)10-16(19)11-23-2/h3,6,15-16H,4-5,7-13H2,1-2H3/t16-,19+/m1/s1. The maximum atomic E-state index is 12.8. The zero-order valence-electron chi connectivity index (χ0n) is 14.8. The summed E-state index contributed by atoms with van der Waals surface area (Å²) >= 11 is 1.62. The van der Waals surface area contributed by atoms with E-state index in [1.165, 1.54) is 24.3 Å². The van der Waals surface area contributed by atoms with Crippen molar-refractivity contribution < 1.29 is 9.53 Å². The molecule has 1 spiro atoms. The van der Waals surface area contributed by atoms with Crippen LogP contribution in [-0.4, -0.2) is 62.1 Å². The second-order valence-corrected chi connectivity index (χ2v) is 9.33. The summed E-state index contributed by atoms with van der Waals surface area (Å²) in [5, 5.41) is 0. The normalized spacial score (nSPS) is 30.6. The average molecular weight is 349 g/mol. The molecule has 2 saturated heterocycles. The van der Waals surface area contributed by atoms with E-state index in [0.29, 0.717) is 5.92 Å². The first-order valence-electron chi connectivity index (χ1n) is 9.17. The van der Waals surface area contributed by atoms with Gasteiger partial charge in [-0.05, 0) is 44.2 Å². The lowest BCUT2D eigenvalue weighted by Crippen LogP contribution is -2.38. The molecule has 4 nitrogen and oxygen atoms in total. The van der Waals surface area contributed by atoms with Crippen molar-refractivity contribution in [3.8, 4) is 0 Å². The van der Waals surface area contributed by atoms with Gasteiger partial charge in [-0.15, -0.1) is 11.3 Å². The van der Waals surface area contributed by atoms with Crippen LogP contribution in [0.5, 0.6) is 0 Å². The van der Waals surface area contributed by atoms with E-state index in [-0.39, 0.29) is 11.3 Å². The molecular weight excluding hydrogens is 320 g/mol. The number of amides is 1. The number of likely N-dealkylation sites (tertiary alicyclic amines) is 2. The van der Waals surface area contributed by atoms with Gasteiger partial charge in [-0.1, -0.05) is 0 Å². The molecule has 5 heteroatoms. The van der Waals surface area contributed by atoms with Crippen molar-refractivity contribution in [2.45, 2.75) is 26.2 Å². The summed E-state index contributed by atoms with van der Waals surface area (Å²) in [7, 11) is 1.81. The van der Waals surface area contributed by atoms with E-state index in [1.54, 1.807) is 11.3 Å². The topological polar surface area (TPSA) is 32.8 Å². The van der Waals surface area contributed by atoms with Crippen LogP contribution in [0.3, 0.4) is 0 Å². The van der Waals surface area contributed by atoms with Crippen LogP contribution < -0.4 is 0 Å². The molecule has 1 saturated carbocycles. The third-order valence-electron chi connectivity index (χ3n) is 6.09. The fourth-order valence-corrected chi connectivity index (χ4v) is 5.45. The van der Waals surface area contributed by atoms with Crippen LogP contribution in [0, 0.1) is 24.2 Å². The van der Waals surface area contributed by atoms with Crippen LogP contribution in [-0.2, 0) is 4.74 Å². The predicted molar refractivity (Wildman–Crippen MR) is 96.5 cm³/mol. The quantitative estimate of drug-likeness (QED) is 0.820. The summed E-state index contributed by atoms with van der Waals surface area (Å²) in [6, 6.07) is 4.03. The van der Waals surface area contributed by atoms with Crippen molar-refractivity contribution in [1.29, 1.82) is 0 Å². The minimum Gasteiger partial charge on any atom is -0.384 e. The number of nitrogens with zero attached hydrogens (tertiary/aromatic N) is 2.